The predicted octanol–water partition coefficient (Wildman–Crippen LogP) is 2.07. The minimum Gasteiger partial charge on any atom is -0.211 e. The summed E-state index contributed by atoms with van der Waals surface area (Å²) < 4.78 is 2.76. The van der Waals surface area contributed by atoms with Crippen molar-refractivity contribution in [2.75, 3.05) is 0 Å². The van der Waals surface area contributed by atoms with E-state index in [-0.39, 0.29) is 0 Å². The SMILES string of the molecule is ClCc1nnc(-n2cc(I)cn2)s1. The molecule has 13 heavy (non-hydrogen) atoms. The zero-order chi connectivity index (χ0) is 9.26. The summed E-state index contributed by atoms with van der Waals surface area (Å²) in [6.45, 7) is 0. The highest BCUT2D eigenvalue weighted by Gasteiger charge is 2.05. The molecule has 0 unspecified atom stereocenters. The Labute approximate surface area is 97.1 Å². The Hall–Kier alpha value is -0.210. The van der Waals surface area contributed by atoms with Crippen molar-refractivity contribution in [1.82, 2.24) is 20.0 Å². The van der Waals surface area contributed by atoms with Gasteiger partial charge in [0.15, 0.2) is 0 Å². The van der Waals surface area contributed by atoms with Crippen molar-refractivity contribution in [3.63, 3.8) is 0 Å². The lowest BCUT2D eigenvalue weighted by Gasteiger charge is -1.89. The Morgan fingerprint density at radius 2 is 2.38 bits per heavy atom. The fourth-order valence-electron chi connectivity index (χ4n) is 0.797. The van der Waals surface area contributed by atoms with Crippen LogP contribution in [0.3, 0.4) is 0 Å². The largest absolute Gasteiger partial charge is 0.232 e. The van der Waals surface area contributed by atoms with Gasteiger partial charge in [0, 0.05) is 6.20 Å². The van der Waals surface area contributed by atoms with Gasteiger partial charge in [-0.15, -0.1) is 21.8 Å². The predicted molar refractivity (Wildman–Crippen MR) is 59.3 cm³/mol. The molecular formula is C6H4ClIN4S. The summed E-state index contributed by atoms with van der Waals surface area (Å²) in [5.41, 5.74) is 0. The molecule has 0 atom stereocenters. The fourth-order valence-corrected chi connectivity index (χ4v) is 2.02. The summed E-state index contributed by atoms with van der Waals surface area (Å²) in [6.07, 6.45) is 3.65. The van der Waals surface area contributed by atoms with Gasteiger partial charge >= 0.3 is 0 Å². The van der Waals surface area contributed by atoms with Crippen LogP contribution in [0.2, 0.25) is 0 Å². The number of halogens is 2. The van der Waals surface area contributed by atoms with Gasteiger partial charge in [-0.1, -0.05) is 11.3 Å². The number of aromatic nitrogens is 4. The lowest BCUT2D eigenvalue weighted by molar-refractivity contribution is 0.843. The quantitative estimate of drug-likeness (QED) is 0.627. The van der Waals surface area contributed by atoms with Crippen molar-refractivity contribution in [3.05, 3.63) is 21.0 Å². The standard InChI is InChI=1S/C6H4ClIN4S/c7-1-5-10-11-6(13-5)12-3-4(8)2-9-12/h2-3H,1H2. The molecule has 0 N–H and O–H groups in total. The molecule has 0 bridgehead atoms. The first-order valence-electron chi connectivity index (χ1n) is 3.38. The van der Waals surface area contributed by atoms with Gasteiger partial charge in [-0.05, 0) is 22.6 Å². The van der Waals surface area contributed by atoms with Crippen molar-refractivity contribution in [2.45, 2.75) is 5.88 Å². The molecule has 0 saturated carbocycles. The van der Waals surface area contributed by atoms with Crippen molar-refractivity contribution in [3.8, 4) is 5.13 Å². The zero-order valence-corrected chi connectivity index (χ0v) is 10.0. The van der Waals surface area contributed by atoms with Crippen LogP contribution in [0.1, 0.15) is 5.01 Å². The van der Waals surface area contributed by atoms with Gasteiger partial charge in [0.25, 0.3) is 0 Å². The molecule has 0 aliphatic heterocycles. The van der Waals surface area contributed by atoms with E-state index in [2.05, 4.69) is 37.9 Å². The molecule has 0 saturated heterocycles. The monoisotopic (exact) mass is 326 g/mol. The van der Waals surface area contributed by atoms with E-state index in [4.69, 9.17) is 11.6 Å². The number of hydrogen-bond acceptors (Lipinski definition) is 4. The van der Waals surface area contributed by atoms with E-state index in [9.17, 15) is 0 Å². The van der Waals surface area contributed by atoms with E-state index in [1.165, 1.54) is 11.3 Å². The van der Waals surface area contributed by atoms with Crippen molar-refractivity contribution >= 4 is 45.5 Å². The maximum atomic E-state index is 5.61. The first-order chi connectivity index (χ1) is 6.29. The molecule has 0 aliphatic rings. The Bertz CT molecular complexity index is 412. The molecule has 0 fully saturated rings. The number of nitrogens with zero attached hydrogens (tertiary/aromatic N) is 4. The normalized spacial score (nSPS) is 10.6. The zero-order valence-electron chi connectivity index (χ0n) is 6.31. The molecular weight excluding hydrogens is 323 g/mol. The van der Waals surface area contributed by atoms with Crippen LogP contribution in [0, 0.1) is 3.57 Å². The molecule has 7 heteroatoms. The van der Waals surface area contributed by atoms with Crippen LogP contribution >= 0.6 is 45.5 Å². The number of alkyl halides is 1. The third-order valence-corrected chi connectivity index (χ3v) is 3.20. The highest BCUT2D eigenvalue weighted by Crippen LogP contribution is 2.16. The molecule has 0 radical (unpaired) electrons. The van der Waals surface area contributed by atoms with Crippen LogP contribution in [0.5, 0.6) is 0 Å². The number of hydrogen-bond donors (Lipinski definition) is 0. The van der Waals surface area contributed by atoms with Gasteiger partial charge < -0.3 is 0 Å². The molecule has 0 aromatic carbocycles. The maximum absolute atomic E-state index is 5.61. The highest BCUT2D eigenvalue weighted by molar-refractivity contribution is 14.1. The van der Waals surface area contributed by atoms with Gasteiger partial charge in [0.1, 0.15) is 5.01 Å². The molecule has 2 rings (SSSR count). The van der Waals surface area contributed by atoms with E-state index in [1.54, 1.807) is 10.9 Å². The highest BCUT2D eigenvalue weighted by atomic mass is 127. The van der Waals surface area contributed by atoms with Crippen LogP contribution in [0.15, 0.2) is 12.4 Å². The molecule has 2 heterocycles. The van der Waals surface area contributed by atoms with Crippen LogP contribution in [-0.2, 0) is 5.88 Å². The summed E-state index contributed by atoms with van der Waals surface area (Å²) >= 11 is 9.24. The van der Waals surface area contributed by atoms with Gasteiger partial charge in [0.05, 0.1) is 15.6 Å². The van der Waals surface area contributed by atoms with Gasteiger partial charge in [-0.3, -0.25) is 0 Å². The Morgan fingerprint density at radius 1 is 1.54 bits per heavy atom. The van der Waals surface area contributed by atoms with Crippen LogP contribution in [0.25, 0.3) is 5.13 Å². The summed E-state index contributed by atoms with van der Waals surface area (Å²) in [5, 5.41) is 13.5. The maximum Gasteiger partial charge on any atom is 0.232 e. The summed E-state index contributed by atoms with van der Waals surface area (Å²) in [4.78, 5) is 0. The van der Waals surface area contributed by atoms with E-state index in [0.29, 0.717) is 5.88 Å². The van der Waals surface area contributed by atoms with Crippen LogP contribution in [-0.4, -0.2) is 20.0 Å². The second kappa shape index (κ2) is 3.89. The second-order valence-corrected chi connectivity index (χ2v) is 4.77. The molecule has 0 aliphatic carbocycles. The van der Waals surface area contributed by atoms with Crippen LogP contribution in [0.4, 0.5) is 0 Å². The smallest absolute Gasteiger partial charge is 0.211 e. The lowest BCUT2D eigenvalue weighted by Crippen LogP contribution is -1.92. The minimum atomic E-state index is 0.399. The van der Waals surface area contributed by atoms with Crippen molar-refractivity contribution in [1.29, 1.82) is 0 Å². The molecule has 4 nitrogen and oxygen atoms in total. The first-order valence-corrected chi connectivity index (χ1v) is 5.81. The Kier molecular flexibility index (Phi) is 2.80. The molecule has 2 aromatic rings. The van der Waals surface area contributed by atoms with E-state index < -0.39 is 0 Å². The average molecular weight is 327 g/mol. The number of rotatable bonds is 2. The van der Waals surface area contributed by atoms with Gasteiger partial charge in [-0.25, -0.2) is 4.68 Å². The van der Waals surface area contributed by atoms with E-state index >= 15 is 0 Å². The minimum absolute atomic E-state index is 0.399. The molecule has 2 aromatic heterocycles. The first kappa shape index (κ1) is 9.35. The summed E-state index contributed by atoms with van der Waals surface area (Å²) in [7, 11) is 0. The van der Waals surface area contributed by atoms with Gasteiger partial charge in [-0.2, -0.15) is 5.10 Å². The Morgan fingerprint density at radius 3 is 2.92 bits per heavy atom. The van der Waals surface area contributed by atoms with Crippen molar-refractivity contribution in [2.24, 2.45) is 0 Å². The van der Waals surface area contributed by atoms with Crippen LogP contribution < -0.4 is 0 Å². The Balaban J connectivity index is 2.35. The summed E-state index contributed by atoms with van der Waals surface area (Å²) in [6, 6.07) is 0. The third-order valence-electron chi connectivity index (χ3n) is 1.32. The lowest BCUT2D eigenvalue weighted by atomic mass is 10.8. The van der Waals surface area contributed by atoms with E-state index in [0.717, 1.165) is 13.7 Å². The third kappa shape index (κ3) is 2.00. The molecule has 68 valence electrons. The van der Waals surface area contributed by atoms with Gasteiger partial charge in [0.2, 0.25) is 5.13 Å². The average Bonchev–Trinajstić information content (AvgIpc) is 2.71. The fraction of sp³-hybridized carbons (Fsp3) is 0.167. The second-order valence-electron chi connectivity index (χ2n) is 2.22. The van der Waals surface area contributed by atoms with E-state index in [1.807, 2.05) is 6.20 Å². The topological polar surface area (TPSA) is 43.6 Å². The summed E-state index contributed by atoms with van der Waals surface area (Å²) in [5.74, 6) is 0.399. The molecule has 0 spiro atoms. The molecule has 0 amide bonds. The van der Waals surface area contributed by atoms with Crippen molar-refractivity contribution < 1.29 is 0 Å².